The molecule has 2 nitrogen and oxygen atoms in total. The third-order valence-corrected chi connectivity index (χ3v) is 3.28. The van der Waals surface area contributed by atoms with E-state index in [4.69, 9.17) is 5.73 Å². The Morgan fingerprint density at radius 2 is 2.15 bits per heavy atom. The molecule has 1 fully saturated rings. The van der Waals surface area contributed by atoms with Crippen molar-refractivity contribution >= 4 is 0 Å². The Balaban J connectivity index is 2.37. The van der Waals surface area contributed by atoms with Gasteiger partial charge in [-0.3, -0.25) is 0 Å². The van der Waals surface area contributed by atoms with Gasteiger partial charge in [0.1, 0.15) is 0 Å². The molecule has 2 heteroatoms. The molecule has 0 bridgehead atoms. The summed E-state index contributed by atoms with van der Waals surface area (Å²) in [5.41, 5.74) is 6.13. The largest absolute Gasteiger partial charge is 0.326 e. The van der Waals surface area contributed by atoms with E-state index in [0.29, 0.717) is 12.1 Å². The van der Waals surface area contributed by atoms with Crippen LogP contribution in [0.2, 0.25) is 0 Å². The molecule has 0 spiro atoms. The van der Waals surface area contributed by atoms with Crippen LogP contribution in [0.15, 0.2) is 0 Å². The molecule has 3 atom stereocenters. The highest BCUT2D eigenvalue weighted by molar-refractivity contribution is 4.88. The lowest BCUT2D eigenvalue weighted by Crippen LogP contribution is -2.53. The van der Waals surface area contributed by atoms with E-state index < -0.39 is 0 Å². The van der Waals surface area contributed by atoms with Crippen molar-refractivity contribution in [3.05, 3.63) is 0 Å². The molecule has 0 radical (unpaired) electrons. The van der Waals surface area contributed by atoms with Gasteiger partial charge in [0.2, 0.25) is 0 Å². The highest BCUT2D eigenvalue weighted by Gasteiger charge is 2.28. The van der Waals surface area contributed by atoms with Gasteiger partial charge in [0, 0.05) is 12.1 Å². The van der Waals surface area contributed by atoms with Crippen LogP contribution in [0.3, 0.4) is 0 Å². The summed E-state index contributed by atoms with van der Waals surface area (Å²) in [5.74, 6) is 1.55. The molecule has 1 aliphatic heterocycles. The first-order chi connectivity index (χ1) is 6.15. The maximum absolute atomic E-state index is 6.13. The third-order valence-electron chi connectivity index (χ3n) is 3.28. The van der Waals surface area contributed by atoms with Crippen molar-refractivity contribution in [2.24, 2.45) is 17.6 Å². The summed E-state index contributed by atoms with van der Waals surface area (Å²) in [7, 11) is 0. The van der Waals surface area contributed by atoms with E-state index in [1.807, 2.05) is 0 Å². The molecule has 0 amide bonds. The van der Waals surface area contributed by atoms with Crippen LogP contribution >= 0.6 is 0 Å². The molecule has 1 rings (SSSR count). The van der Waals surface area contributed by atoms with Gasteiger partial charge in [-0.15, -0.1) is 0 Å². The Hall–Kier alpha value is -0.0800. The molecule has 0 aliphatic carbocycles. The number of nitrogens with two attached hydrogens (primary N) is 1. The Morgan fingerprint density at radius 3 is 2.62 bits per heavy atom. The molecule has 0 saturated carbocycles. The first-order valence-electron chi connectivity index (χ1n) is 5.64. The quantitative estimate of drug-likeness (QED) is 0.701. The molecule has 3 N–H and O–H groups in total. The maximum Gasteiger partial charge on any atom is 0.0219 e. The summed E-state index contributed by atoms with van der Waals surface area (Å²) in [5, 5.41) is 3.58. The molecule has 78 valence electrons. The second-order valence-corrected chi connectivity index (χ2v) is 4.71. The SMILES string of the molecule is CCCC1NCC(C(C)C)CC1N. The first-order valence-corrected chi connectivity index (χ1v) is 5.64. The normalized spacial score (nSPS) is 35.3. The zero-order valence-electron chi connectivity index (χ0n) is 9.22. The van der Waals surface area contributed by atoms with Crippen LogP contribution in [-0.2, 0) is 0 Å². The maximum atomic E-state index is 6.13. The van der Waals surface area contributed by atoms with Crippen molar-refractivity contribution in [1.29, 1.82) is 0 Å². The van der Waals surface area contributed by atoms with Crippen LogP contribution in [0.1, 0.15) is 40.0 Å². The first kappa shape index (κ1) is 11.0. The Morgan fingerprint density at radius 1 is 1.46 bits per heavy atom. The molecule has 1 aliphatic rings. The van der Waals surface area contributed by atoms with Crippen molar-refractivity contribution < 1.29 is 0 Å². The molecular formula is C11H24N2. The van der Waals surface area contributed by atoms with Crippen LogP contribution in [0.4, 0.5) is 0 Å². The van der Waals surface area contributed by atoms with Gasteiger partial charge >= 0.3 is 0 Å². The zero-order valence-corrected chi connectivity index (χ0v) is 9.22. The minimum Gasteiger partial charge on any atom is -0.326 e. The van der Waals surface area contributed by atoms with E-state index in [-0.39, 0.29) is 0 Å². The smallest absolute Gasteiger partial charge is 0.0219 e. The van der Waals surface area contributed by atoms with Gasteiger partial charge in [0.15, 0.2) is 0 Å². The number of piperidine rings is 1. The minimum atomic E-state index is 0.376. The van der Waals surface area contributed by atoms with Gasteiger partial charge in [-0.05, 0) is 31.2 Å². The van der Waals surface area contributed by atoms with Gasteiger partial charge < -0.3 is 11.1 Å². The van der Waals surface area contributed by atoms with Crippen LogP contribution in [0.5, 0.6) is 0 Å². The van der Waals surface area contributed by atoms with Crippen LogP contribution in [-0.4, -0.2) is 18.6 Å². The third kappa shape index (κ3) is 2.96. The molecule has 3 unspecified atom stereocenters. The topological polar surface area (TPSA) is 38.0 Å². The summed E-state index contributed by atoms with van der Waals surface area (Å²) < 4.78 is 0. The summed E-state index contributed by atoms with van der Waals surface area (Å²) >= 11 is 0. The van der Waals surface area contributed by atoms with Crippen molar-refractivity contribution in [2.75, 3.05) is 6.54 Å². The van der Waals surface area contributed by atoms with Gasteiger partial charge in [-0.25, -0.2) is 0 Å². The van der Waals surface area contributed by atoms with E-state index in [2.05, 4.69) is 26.1 Å². The minimum absolute atomic E-state index is 0.376. The molecule has 0 aromatic heterocycles. The number of nitrogens with one attached hydrogen (secondary N) is 1. The average molecular weight is 184 g/mol. The van der Waals surface area contributed by atoms with Crippen molar-refractivity contribution in [3.8, 4) is 0 Å². The number of rotatable bonds is 3. The fourth-order valence-corrected chi connectivity index (χ4v) is 2.19. The highest BCUT2D eigenvalue weighted by Crippen LogP contribution is 2.22. The lowest BCUT2D eigenvalue weighted by atomic mass is 9.82. The summed E-state index contributed by atoms with van der Waals surface area (Å²) in [6, 6.07) is 0.945. The second kappa shape index (κ2) is 4.97. The van der Waals surface area contributed by atoms with E-state index in [1.165, 1.54) is 19.3 Å². The van der Waals surface area contributed by atoms with Gasteiger partial charge in [-0.1, -0.05) is 27.2 Å². The predicted molar refractivity (Wildman–Crippen MR) is 57.6 cm³/mol. The summed E-state index contributed by atoms with van der Waals surface area (Å²) in [6.07, 6.45) is 3.67. The Kier molecular flexibility index (Phi) is 4.20. The fraction of sp³-hybridized carbons (Fsp3) is 1.00. The van der Waals surface area contributed by atoms with Crippen molar-refractivity contribution in [3.63, 3.8) is 0 Å². The zero-order chi connectivity index (χ0) is 9.84. The summed E-state index contributed by atoms with van der Waals surface area (Å²) in [4.78, 5) is 0. The Labute approximate surface area is 82.3 Å². The van der Waals surface area contributed by atoms with Crippen molar-refractivity contribution in [2.45, 2.75) is 52.1 Å². The number of hydrogen-bond acceptors (Lipinski definition) is 2. The Bertz CT molecular complexity index is 145. The fourth-order valence-electron chi connectivity index (χ4n) is 2.19. The van der Waals surface area contributed by atoms with Crippen LogP contribution in [0.25, 0.3) is 0 Å². The lowest BCUT2D eigenvalue weighted by molar-refractivity contribution is 0.219. The summed E-state index contributed by atoms with van der Waals surface area (Å²) in [6.45, 7) is 7.97. The number of hydrogen-bond donors (Lipinski definition) is 2. The molecule has 0 aromatic carbocycles. The highest BCUT2D eigenvalue weighted by atomic mass is 15.0. The molecule has 13 heavy (non-hydrogen) atoms. The molecule has 0 aromatic rings. The van der Waals surface area contributed by atoms with E-state index in [1.54, 1.807) is 0 Å². The van der Waals surface area contributed by atoms with Gasteiger partial charge in [0.05, 0.1) is 0 Å². The standard InChI is InChI=1S/C11H24N2/c1-4-5-11-10(12)6-9(7-13-11)8(2)3/h8-11,13H,4-7,12H2,1-3H3. The van der Waals surface area contributed by atoms with E-state index in [0.717, 1.165) is 18.4 Å². The van der Waals surface area contributed by atoms with Gasteiger partial charge in [-0.2, -0.15) is 0 Å². The lowest BCUT2D eigenvalue weighted by Gasteiger charge is -2.36. The van der Waals surface area contributed by atoms with Gasteiger partial charge in [0.25, 0.3) is 0 Å². The second-order valence-electron chi connectivity index (χ2n) is 4.71. The van der Waals surface area contributed by atoms with Crippen LogP contribution in [0, 0.1) is 11.8 Å². The molecular weight excluding hydrogens is 160 g/mol. The van der Waals surface area contributed by atoms with Crippen molar-refractivity contribution in [1.82, 2.24) is 5.32 Å². The molecule has 1 saturated heterocycles. The van der Waals surface area contributed by atoms with E-state index >= 15 is 0 Å². The predicted octanol–water partition coefficient (Wildman–Crippen LogP) is 1.75. The molecule has 1 heterocycles. The average Bonchev–Trinajstić information content (AvgIpc) is 2.08. The van der Waals surface area contributed by atoms with E-state index in [9.17, 15) is 0 Å². The van der Waals surface area contributed by atoms with Crippen LogP contribution < -0.4 is 11.1 Å². The monoisotopic (exact) mass is 184 g/mol.